The first-order chi connectivity index (χ1) is 10.8. The number of amides is 1. The Hall–Kier alpha value is -0.650. The highest BCUT2D eigenvalue weighted by Crippen LogP contribution is 2.22. The Labute approximate surface area is 134 Å². The fourth-order valence-corrected chi connectivity index (χ4v) is 3.46. The van der Waals surface area contributed by atoms with Crippen LogP contribution in [0.4, 0.5) is 0 Å². The fraction of sp³-hybridized carbons (Fsp3) is 0.941. The van der Waals surface area contributed by atoms with Crippen LogP contribution in [0, 0.1) is 5.92 Å². The molecule has 0 radical (unpaired) electrons. The van der Waals surface area contributed by atoms with E-state index in [-0.39, 0.29) is 12.5 Å². The summed E-state index contributed by atoms with van der Waals surface area (Å²) in [6, 6.07) is 0. The van der Waals surface area contributed by atoms with Gasteiger partial charge in [-0.15, -0.1) is 0 Å². The van der Waals surface area contributed by atoms with Crippen LogP contribution in [-0.4, -0.2) is 61.4 Å². The standard InChI is InChI=1S/C17H32N2O3/c20-11-4-12-22-16-7-9-19(10-8-16)14-17(21)18-13-15-5-2-1-3-6-15/h15-16,20H,1-14H2,(H,18,21). The molecule has 0 aromatic heterocycles. The van der Waals surface area contributed by atoms with E-state index in [1.165, 1.54) is 32.1 Å². The monoisotopic (exact) mass is 312 g/mol. The van der Waals surface area contributed by atoms with Crippen LogP contribution in [-0.2, 0) is 9.53 Å². The Balaban J connectivity index is 1.54. The Kier molecular flexibility index (Phi) is 8.20. The van der Waals surface area contributed by atoms with Gasteiger partial charge in [-0.25, -0.2) is 0 Å². The number of rotatable bonds is 8. The van der Waals surface area contributed by atoms with Gasteiger partial charge < -0.3 is 15.2 Å². The summed E-state index contributed by atoms with van der Waals surface area (Å²) in [5.74, 6) is 0.869. The predicted molar refractivity (Wildman–Crippen MR) is 86.7 cm³/mol. The number of nitrogens with zero attached hydrogens (tertiary/aromatic N) is 1. The lowest BCUT2D eigenvalue weighted by atomic mass is 9.89. The van der Waals surface area contributed by atoms with E-state index >= 15 is 0 Å². The van der Waals surface area contributed by atoms with Gasteiger partial charge in [0, 0.05) is 32.8 Å². The predicted octanol–water partition coefficient (Wildman–Crippen LogP) is 1.55. The van der Waals surface area contributed by atoms with Crippen molar-refractivity contribution in [1.82, 2.24) is 10.2 Å². The lowest BCUT2D eigenvalue weighted by Crippen LogP contribution is -2.44. The third kappa shape index (κ3) is 6.63. The number of carbonyl (C=O) groups excluding carboxylic acids is 1. The molecule has 128 valence electrons. The molecule has 22 heavy (non-hydrogen) atoms. The average molecular weight is 312 g/mol. The minimum atomic E-state index is 0.172. The number of ether oxygens (including phenoxy) is 1. The first-order valence-electron chi connectivity index (χ1n) is 8.99. The van der Waals surface area contributed by atoms with Crippen molar-refractivity contribution in [2.75, 3.05) is 39.4 Å². The van der Waals surface area contributed by atoms with Crippen molar-refractivity contribution in [1.29, 1.82) is 0 Å². The molecule has 0 bridgehead atoms. The fourth-order valence-electron chi connectivity index (χ4n) is 3.46. The van der Waals surface area contributed by atoms with Crippen LogP contribution in [0.3, 0.4) is 0 Å². The lowest BCUT2D eigenvalue weighted by molar-refractivity contribution is -0.123. The van der Waals surface area contributed by atoms with Crippen molar-refractivity contribution in [3.63, 3.8) is 0 Å². The summed E-state index contributed by atoms with van der Waals surface area (Å²) in [4.78, 5) is 14.3. The van der Waals surface area contributed by atoms with Gasteiger partial charge in [-0.1, -0.05) is 19.3 Å². The number of aliphatic hydroxyl groups excluding tert-OH is 1. The summed E-state index contributed by atoms with van der Waals surface area (Å²) in [6.45, 7) is 4.08. The molecule has 2 aliphatic rings. The van der Waals surface area contributed by atoms with E-state index < -0.39 is 0 Å². The molecule has 0 unspecified atom stereocenters. The maximum absolute atomic E-state index is 12.0. The molecule has 1 saturated carbocycles. The van der Waals surface area contributed by atoms with E-state index in [1.807, 2.05) is 0 Å². The number of hydrogen-bond donors (Lipinski definition) is 2. The van der Waals surface area contributed by atoms with Gasteiger partial charge in [0.25, 0.3) is 0 Å². The second kappa shape index (κ2) is 10.2. The number of hydrogen-bond acceptors (Lipinski definition) is 4. The number of carbonyl (C=O) groups is 1. The number of aliphatic hydroxyl groups is 1. The van der Waals surface area contributed by atoms with Crippen LogP contribution < -0.4 is 5.32 Å². The molecule has 0 aromatic carbocycles. The van der Waals surface area contributed by atoms with Crippen LogP contribution >= 0.6 is 0 Å². The van der Waals surface area contributed by atoms with Crippen molar-refractivity contribution in [2.24, 2.45) is 5.92 Å². The normalized spacial score (nSPS) is 21.9. The van der Waals surface area contributed by atoms with Crippen LogP contribution in [0.5, 0.6) is 0 Å². The summed E-state index contributed by atoms with van der Waals surface area (Å²) < 4.78 is 5.72. The average Bonchev–Trinajstić information content (AvgIpc) is 2.56. The minimum absolute atomic E-state index is 0.172. The quantitative estimate of drug-likeness (QED) is 0.668. The van der Waals surface area contributed by atoms with E-state index in [0.29, 0.717) is 31.6 Å². The zero-order chi connectivity index (χ0) is 15.6. The first kappa shape index (κ1) is 17.7. The maximum atomic E-state index is 12.0. The molecule has 0 spiro atoms. The molecule has 2 fully saturated rings. The Morgan fingerprint density at radius 1 is 1.14 bits per heavy atom. The topological polar surface area (TPSA) is 61.8 Å². The highest BCUT2D eigenvalue weighted by atomic mass is 16.5. The van der Waals surface area contributed by atoms with E-state index in [2.05, 4.69) is 10.2 Å². The summed E-state index contributed by atoms with van der Waals surface area (Å²) in [5.41, 5.74) is 0. The highest BCUT2D eigenvalue weighted by molar-refractivity contribution is 5.78. The molecular weight excluding hydrogens is 280 g/mol. The molecule has 5 heteroatoms. The minimum Gasteiger partial charge on any atom is -0.396 e. The Bertz CT molecular complexity index is 311. The van der Waals surface area contributed by atoms with Crippen molar-refractivity contribution < 1.29 is 14.6 Å². The molecule has 1 aliphatic carbocycles. The van der Waals surface area contributed by atoms with E-state index in [4.69, 9.17) is 9.84 Å². The molecule has 0 atom stereocenters. The molecule has 2 rings (SSSR count). The van der Waals surface area contributed by atoms with Gasteiger partial charge in [0.1, 0.15) is 0 Å². The van der Waals surface area contributed by atoms with Crippen LogP contribution in [0.1, 0.15) is 51.4 Å². The SMILES string of the molecule is O=C(CN1CCC(OCCCO)CC1)NCC1CCCCC1. The Morgan fingerprint density at radius 2 is 1.86 bits per heavy atom. The summed E-state index contributed by atoms with van der Waals surface area (Å²) in [6.07, 6.45) is 9.54. The van der Waals surface area contributed by atoms with Crippen molar-refractivity contribution in [3.8, 4) is 0 Å². The number of nitrogens with one attached hydrogen (secondary N) is 1. The van der Waals surface area contributed by atoms with Crippen LogP contribution in [0.2, 0.25) is 0 Å². The van der Waals surface area contributed by atoms with Crippen LogP contribution in [0.25, 0.3) is 0 Å². The third-order valence-corrected chi connectivity index (χ3v) is 4.87. The zero-order valence-electron chi connectivity index (χ0n) is 13.8. The molecule has 1 aliphatic heterocycles. The van der Waals surface area contributed by atoms with Gasteiger partial charge >= 0.3 is 0 Å². The maximum Gasteiger partial charge on any atom is 0.234 e. The molecule has 5 nitrogen and oxygen atoms in total. The van der Waals surface area contributed by atoms with E-state index in [0.717, 1.165) is 32.5 Å². The highest BCUT2D eigenvalue weighted by Gasteiger charge is 2.21. The van der Waals surface area contributed by atoms with Gasteiger partial charge in [-0.2, -0.15) is 0 Å². The van der Waals surface area contributed by atoms with Gasteiger partial charge in [-0.3, -0.25) is 9.69 Å². The van der Waals surface area contributed by atoms with Gasteiger partial charge in [0.05, 0.1) is 12.6 Å². The first-order valence-corrected chi connectivity index (χ1v) is 8.99. The van der Waals surface area contributed by atoms with E-state index in [9.17, 15) is 4.79 Å². The molecule has 0 aromatic rings. The molecule has 2 N–H and O–H groups in total. The summed E-state index contributed by atoms with van der Waals surface area (Å²) >= 11 is 0. The zero-order valence-corrected chi connectivity index (χ0v) is 13.8. The third-order valence-electron chi connectivity index (χ3n) is 4.87. The molecule has 1 heterocycles. The Morgan fingerprint density at radius 3 is 2.55 bits per heavy atom. The van der Waals surface area contributed by atoms with Crippen molar-refractivity contribution in [3.05, 3.63) is 0 Å². The van der Waals surface area contributed by atoms with E-state index in [1.54, 1.807) is 0 Å². The van der Waals surface area contributed by atoms with Gasteiger partial charge in [0.15, 0.2) is 0 Å². The molecule has 1 saturated heterocycles. The van der Waals surface area contributed by atoms with Gasteiger partial charge in [-0.05, 0) is 38.0 Å². The second-order valence-electron chi connectivity index (χ2n) is 6.73. The molecule has 1 amide bonds. The largest absolute Gasteiger partial charge is 0.396 e. The second-order valence-corrected chi connectivity index (χ2v) is 6.73. The van der Waals surface area contributed by atoms with Gasteiger partial charge in [0.2, 0.25) is 5.91 Å². The summed E-state index contributed by atoms with van der Waals surface area (Å²) in [7, 11) is 0. The summed E-state index contributed by atoms with van der Waals surface area (Å²) in [5, 5.41) is 11.9. The smallest absolute Gasteiger partial charge is 0.234 e. The number of piperidine rings is 1. The van der Waals surface area contributed by atoms with Crippen molar-refractivity contribution in [2.45, 2.75) is 57.5 Å². The lowest BCUT2D eigenvalue weighted by Gasteiger charge is -2.31. The van der Waals surface area contributed by atoms with Crippen LogP contribution in [0.15, 0.2) is 0 Å². The number of likely N-dealkylation sites (tertiary alicyclic amines) is 1. The van der Waals surface area contributed by atoms with Crippen molar-refractivity contribution >= 4 is 5.91 Å². The molecular formula is C17H32N2O3.